The normalized spacial score (nSPS) is 11.8. The van der Waals surface area contributed by atoms with Crippen LogP contribution >= 0.6 is 15.9 Å². The standard InChI is InChI=1S/C12H13BrN2O/c1-3-4-11(14-2)15-12(16)9-5-7-10(13)8-6-9/h3-8H,1-2H3,(H,14,15,16)/b4-3-. The minimum absolute atomic E-state index is 0.161. The summed E-state index contributed by atoms with van der Waals surface area (Å²) in [6.07, 6.45) is 3.57. The zero-order valence-electron chi connectivity index (χ0n) is 9.20. The number of hydrogen-bond donors (Lipinski definition) is 1. The number of benzene rings is 1. The fourth-order valence-electron chi connectivity index (χ4n) is 1.12. The number of amides is 1. The molecule has 0 saturated heterocycles. The molecule has 0 fully saturated rings. The molecular formula is C12H13BrN2O. The zero-order chi connectivity index (χ0) is 12.0. The van der Waals surface area contributed by atoms with E-state index in [1.54, 1.807) is 25.3 Å². The third kappa shape index (κ3) is 3.62. The van der Waals surface area contributed by atoms with E-state index in [2.05, 4.69) is 26.2 Å². The predicted molar refractivity (Wildman–Crippen MR) is 69.8 cm³/mol. The van der Waals surface area contributed by atoms with Crippen LogP contribution < -0.4 is 5.32 Å². The Labute approximate surface area is 103 Å². The molecule has 16 heavy (non-hydrogen) atoms. The Kier molecular flexibility index (Phi) is 4.92. The largest absolute Gasteiger partial charge is 0.307 e. The van der Waals surface area contributed by atoms with Gasteiger partial charge < -0.3 is 5.32 Å². The maximum absolute atomic E-state index is 11.8. The smallest absolute Gasteiger partial charge is 0.256 e. The Morgan fingerprint density at radius 1 is 1.38 bits per heavy atom. The highest BCUT2D eigenvalue weighted by atomic mass is 79.9. The van der Waals surface area contributed by atoms with Crippen molar-refractivity contribution < 1.29 is 4.79 Å². The van der Waals surface area contributed by atoms with Gasteiger partial charge in [-0.1, -0.05) is 22.0 Å². The van der Waals surface area contributed by atoms with Gasteiger partial charge >= 0.3 is 0 Å². The number of amidine groups is 1. The first-order chi connectivity index (χ1) is 7.67. The fourth-order valence-corrected chi connectivity index (χ4v) is 1.38. The van der Waals surface area contributed by atoms with E-state index in [0.29, 0.717) is 11.4 Å². The summed E-state index contributed by atoms with van der Waals surface area (Å²) >= 11 is 3.32. The lowest BCUT2D eigenvalue weighted by atomic mass is 10.2. The summed E-state index contributed by atoms with van der Waals surface area (Å²) in [5.41, 5.74) is 0.605. The Morgan fingerprint density at radius 2 is 2.00 bits per heavy atom. The van der Waals surface area contributed by atoms with Gasteiger partial charge in [-0.25, -0.2) is 0 Å². The summed E-state index contributed by atoms with van der Waals surface area (Å²) < 4.78 is 0.946. The topological polar surface area (TPSA) is 41.5 Å². The number of carbonyl (C=O) groups is 1. The third-order valence-corrected chi connectivity index (χ3v) is 2.44. The van der Waals surface area contributed by atoms with Gasteiger partial charge in [0, 0.05) is 17.1 Å². The molecule has 0 atom stereocenters. The molecule has 0 bridgehead atoms. The molecule has 1 aromatic rings. The number of carbonyl (C=O) groups excluding carboxylic acids is 1. The van der Waals surface area contributed by atoms with E-state index in [9.17, 15) is 4.79 Å². The monoisotopic (exact) mass is 280 g/mol. The minimum atomic E-state index is -0.161. The van der Waals surface area contributed by atoms with E-state index in [-0.39, 0.29) is 5.91 Å². The molecule has 84 valence electrons. The van der Waals surface area contributed by atoms with Crippen LogP contribution in [0.15, 0.2) is 45.9 Å². The number of rotatable bonds is 2. The Morgan fingerprint density at radius 3 is 2.50 bits per heavy atom. The van der Waals surface area contributed by atoms with E-state index in [1.807, 2.05) is 25.1 Å². The first-order valence-corrected chi connectivity index (χ1v) is 5.63. The van der Waals surface area contributed by atoms with Crippen molar-refractivity contribution in [3.8, 4) is 0 Å². The highest BCUT2D eigenvalue weighted by molar-refractivity contribution is 9.10. The van der Waals surface area contributed by atoms with Gasteiger partial charge in [-0.2, -0.15) is 0 Å². The fraction of sp³-hybridized carbons (Fsp3) is 0.167. The number of halogens is 1. The van der Waals surface area contributed by atoms with Crippen molar-refractivity contribution in [2.45, 2.75) is 6.92 Å². The van der Waals surface area contributed by atoms with Crippen molar-refractivity contribution >= 4 is 27.7 Å². The SMILES string of the molecule is C/C=C\C(=NC)NC(=O)c1ccc(Br)cc1. The maximum atomic E-state index is 11.8. The van der Waals surface area contributed by atoms with Crippen molar-refractivity contribution in [2.75, 3.05) is 7.05 Å². The highest BCUT2D eigenvalue weighted by Gasteiger charge is 2.05. The van der Waals surface area contributed by atoms with Crippen LogP contribution in [0.2, 0.25) is 0 Å². The van der Waals surface area contributed by atoms with E-state index < -0.39 is 0 Å². The predicted octanol–water partition coefficient (Wildman–Crippen LogP) is 2.78. The molecule has 0 heterocycles. The lowest BCUT2D eigenvalue weighted by molar-refractivity contribution is 0.0977. The van der Waals surface area contributed by atoms with Gasteiger partial charge in [0.15, 0.2) is 0 Å². The second kappa shape index (κ2) is 6.23. The van der Waals surface area contributed by atoms with Crippen LogP contribution in [0.4, 0.5) is 0 Å². The van der Waals surface area contributed by atoms with Gasteiger partial charge in [-0.3, -0.25) is 9.79 Å². The van der Waals surface area contributed by atoms with Crippen LogP contribution in [-0.2, 0) is 0 Å². The number of allylic oxidation sites excluding steroid dienone is 1. The third-order valence-electron chi connectivity index (χ3n) is 1.91. The van der Waals surface area contributed by atoms with Crippen LogP contribution in [0.25, 0.3) is 0 Å². The van der Waals surface area contributed by atoms with Gasteiger partial charge in [0.2, 0.25) is 0 Å². The van der Waals surface area contributed by atoms with Gasteiger partial charge in [0.1, 0.15) is 5.84 Å². The number of nitrogens with one attached hydrogen (secondary N) is 1. The molecule has 0 saturated carbocycles. The average Bonchev–Trinajstić information content (AvgIpc) is 2.29. The summed E-state index contributed by atoms with van der Waals surface area (Å²) in [7, 11) is 1.64. The zero-order valence-corrected chi connectivity index (χ0v) is 10.8. The first kappa shape index (κ1) is 12.6. The molecule has 0 aromatic heterocycles. The van der Waals surface area contributed by atoms with Crippen LogP contribution in [0.1, 0.15) is 17.3 Å². The number of hydrogen-bond acceptors (Lipinski definition) is 2. The molecule has 0 unspecified atom stereocenters. The maximum Gasteiger partial charge on any atom is 0.256 e. The number of nitrogens with zero attached hydrogens (tertiary/aromatic N) is 1. The summed E-state index contributed by atoms with van der Waals surface area (Å²) in [6.45, 7) is 1.87. The van der Waals surface area contributed by atoms with Crippen LogP contribution in [-0.4, -0.2) is 18.8 Å². The van der Waals surface area contributed by atoms with Crippen molar-refractivity contribution in [1.29, 1.82) is 0 Å². The molecular weight excluding hydrogens is 268 g/mol. The lowest BCUT2D eigenvalue weighted by Crippen LogP contribution is -2.29. The summed E-state index contributed by atoms with van der Waals surface area (Å²) in [4.78, 5) is 15.7. The summed E-state index contributed by atoms with van der Waals surface area (Å²) in [5, 5.41) is 2.71. The molecule has 1 amide bonds. The molecule has 0 radical (unpaired) electrons. The molecule has 0 spiro atoms. The molecule has 1 rings (SSSR count). The summed E-state index contributed by atoms with van der Waals surface area (Å²) in [5.74, 6) is 0.390. The van der Waals surface area contributed by atoms with E-state index >= 15 is 0 Å². The van der Waals surface area contributed by atoms with Crippen molar-refractivity contribution in [3.63, 3.8) is 0 Å². The highest BCUT2D eigenvalue weighted by Crippen LogP contribution is 2.10. The average molecular weight is 281 g/mol. The Bertz CT molecular complexity index is 421. The molecule has 0 aliphatic heterocycles. The van der Waals surface area contributed by atoms with Crippen molar-refractivity contribution in [3.05, 3.63) is 46.5 Å². The molecule has 0 aliphatic rings. The quantitative estimate of drug-likeness (QED) is 0.657. The molecule has 0 aliphatic carbocycles. The second-order valence-electron chi connectivity index (χ2n) is 3.07. The van der Waals surface area contributed by atoms with Gasteiger partial charge in [0.25, 0.3) is 5.91 Å². The molecule has 1 aromatic carbocycles. The van der Waals surface area contributed by atoms with Crippen molar-refractivity contribution in [2.24, 2.45) is 4.99 Å². The minimum Gasteiger partial charge on any atom is -0.307 e. The van der Waals surface area contributed by atoms with E-state index in [1.165, 1.54) is 0 Å². The van der Waals surface area contributed by atoms with Crippen LogP contribution in [0.3, 0.4) is 0 Å². The molecule has 4 heteroatoms. The lowest BCUT2D eigenvalue weighted by Gasteiger charge is -2.04. The van der Waals surface area contributed by atoms with Gasteiger partial charge in [0.05, 0.1) is 0 Å². The van der Waals surface area contributed by atoms with Crippen LogP contribution in [0, 0.1) is 0 Å². The number of aliphatic imine (C=N–C) groups is 1. The van der Waals surface area contributed by atoms with E-state index in [0.717, 1.165) is 4.47 Å². The molecule has 1 N–H and O–H groups in total. The summed E-state index contributed by atoms with van der Waals surface area (Å²) in [6, 6.07) is 7.16. The van der Waals surface area contributed by atoms with Crippen LogP contribution in [0.5, 0.6) is 0 Å². The second-order valence-corrected chi connectivity index (χ2v) is 3.99. The Hall–Kier alpha value is -1.42. The van der Waals surface area contributed by atoms with Crippen molar-refractivity contribution in [1.82, 2.24) is 5.32 Å². The van der Waals surface area contributed by atoms with Gasteiger partial charge in [-0.15, -0.1) is 0 Å². The molecule has 3 nitrogen and oxygen atoms in total. The van der Waals surface area contributed by atoms with E-state index in [4.69, 9.17) is 0 Å². The Balaban J connectivity index is 2.76. The first-order valence-electron chi connectivity index (χ1n) is 4.83. The van der Waals surface area contributed by atoms with Gasteiger partial charge in [-0.05, 0) is 37.3 Å².